The SMILES string of the molecule is O=C(NCCCS)C1CCC(CNOOI)CC1. The Morgan fingerprint density at radius 3 is 2.67 bits per heavy atom. The maximum atomic E-state index is 11.8. The van der Waals surface area contributed by atoms with Gasteiger partial charge in [0.1, 0.15) is 0 Å². The number of thiol groups is 1. The number of halogens is 1. The van der Waals surface area contributed by atoms with Crippen LogP contribution in [-0.2, 0) is 13.0 Å². The summed E-state index contributed by atoms with van der Waals surface area (Å²) >= 11 is 5.79. The van der Waals surface area contributed by atoms with Gasteiger partial charge in [-0.05, 0) is 43.8 Å². The molecule has 0 bridgehead atoms. The zero-order valence-electron chi connectivity index (χ0n) is 10.4. The van der Waals surface area contributed by atoms with Crippen LogP contribution in [0.15, 0.2) is 0 Å². The second-order valence-corrected chi connectivity index (χ2v) is 5.39. The molecule has 0 unspecified atom stereocenters. The Bertz CT molecular complexity index is 238. The number of carbonyl (C=O) groups is 1. The van der Waals surface area contributed by atoms with Crippen LogP contribution in [0.5, 0.6) is 0 Å². The molecular formula is C11H21IN2O3S. The smallest absolute Gasteiger partial charge is 0.223 e. The van der Waals surface area contributed by atoms with E-state index in [1.165, 1.54) is 0 Å². The van der Waals surface area contributed by atoms with Crippen LogP contribution in [0.1, 0.15) is 32.1 Å². The average molecular weight is 388 g/mol. The lowest BCUT2D eigenvalue weighted by molar-refractivity contribution is -0.225. The Morgan fingerprint density at radius 1 is 1.33 bits per heavy atom. The molecule has 1 amide bonds. The van der Waals surface area contributed by atoms with Gasteiger partial charge in [0.2, 0.25) is 5.91 Å². The highest BCUT2D eigenvalue weighted by Gasteiger charge is 2.25. The lowest BCUT2D eigenvalue weighted by Gasteiger charge is -2.27. The molecule has 5 nitrogen and oxygen atoms in total. The van der Waals surface area contributed by atoms with Crippen molar-refractivity contribution in [3.63, 3.8) is 0 Å². The van der Waals surface area contributed by atoms with Crippen molar-refractivity contribution >= 4 is 41.5 Å². The van der Waals surface area contributed by atoms with Crippen molar-refractivity contribution in [3.05, 3.63) is 0 Å². The van der Waals surface area contributed by atoms with E-state index in [1.807, 2.05) is 0 Å². The standard InChI is InChI=1S/C11H21IN2O3S/c12-16-17-14-8-9-2-4-10(5-3-9)11(15)13-6-1-7-18/h9-10,14,18H,1-8H2,(H,13,15). The van der Waals surface area contributed by atoms with Gasteiger partial charge in [-0.2, -0.15) is 18.1 Å². The summed E-state index contributed by atoms with van der Waals surface area (Å²) in [6, 6.07) is 0. The molecule has 0 atom stereocenters. The van der Waals surface area contributed by atoms with Crippen LogP contribution in [-0.4, -0.2) is 24.7 Å². The average Bonchev–Trinajstić information content (AvgIpc) is 2.40. The molecule has 1 aliphatic carbocycles. The highest BCUT2D eigenvalue weighted by Crippen LogP contribution is 2.28. The van der Waals surface area contributed by atoms with Gasteiger partial charge >= 0.3 is 0 Å². The molecule has 1 fully saturated rings. The highest BCUT2D eigenvalue weighted by molar-refractivity contribution is 14.1. The van der Waals surface area contributed by atoms with Crippen LogP contribution in [0, 0.1) is 11.8 Å². The second kappa shape index (κ2) is 10.2. The first-order chi connectivity index (χ1) is 8.77. The summed E-state index contributed by atoms with van der Waals surface area (Å²) < 4.78 is 4.44. The second-order valence-electron chi connectivity index (χ2n) is 4.58. The summed E-state index contributed by atoms with van der Waals surface area (Å²) in [5, 5.41) is 2.97. The van der Waals surface area contributed by atoms with E-state index in [-0.39, 0.29) is 11.8 Å². The van der Waals surface area contributed by atoms with Crippen molar-refractivity contribution in [2.75, 3.05) is 18.8 Å². The van der Waals surface area contributed by atoms with Gasteiger partial charge in [0.25, 0.3) is 0 Å². The van der Waals surface area contributed by atoms with Crippen molar-refractivity contribution in [2.24, 2.45) is 11.8 Å². The number of carbonyl (C=O) groups excluding carboxylic acids is 1. The van der Waals surface area contributed by atoms with Gasteiger partial charge in [0, 0.05) is 19.0 Å². The first-order valence-electron chi connectivity index (χ1n) is 6.33. The molecule has 2 N–H and O–H groups in total. The predicted octanol–water partition coefficient (Wildman–Crippen LogP) is 2.03. The van der Waals surface area contributed by atoms with E-state index in [4.69, 9.17) is 0 Å². The summed E-state index contributed by atoms with van der Waals surface area (Å²) in [6.45, 7) is 1.52. The molecular weight excluding hydrogens is 367 g/mol. The topological polar surface area (TPSA) is 59.6 Å². The summed E-state index contributed by atoms with van der Waals surface area (Å²) in [5.74, 6) is 1.77. The lowest BCUT2D eigenvalue weighted by Crippen LogP contribution is -2.35. The van der Waals surface area contributed by atoms with Crippen LogP contribution < -0.4 is 10.8 Å². The van der Waals surface area contributed by atoms with Crippen molar-refractivity contribution in [1.82, 2.24) is 10.8 Å². The fourth-order valence-electron chi connectivity index (χ4n) is 2.24. The van der Waals surface area contributed by atoms with Crippen molar-refractivity contribution in [2.45, 2.75) is 32.1 Å². The number of rotatable bonds is 8. The van der Waals surface area contributed by atoms with E-state index in [2.05, 4.69) is 31.6 Å². The molecule has 1 rings (SSSR count). The first kappa shape index (κ1) is 16.5. The third-order valence-corrected chi connectivity index (χ3v) is 3.81. The Morgan fingerprint density at radius 2 is 2.06 bits per heavy atom. The highest BCUT2D eigenvalue weighted by atomic mass is 127. The quantitative estimate of drug-likeness (QED) is 0.196. The summed E-state index contributed by atoms with van der Waals surface area (Å²) in [6.07, 6.45) is 4.97. The number of hydroxylamine groups is 1. The normalized spacial score (nSPS) is 23.9. The summed E-state index contributed by atoms with van der Waals surface area (Å²) in [4.78, 5) is 16.5. The van der Waals surface area contributed by atoms with E-state index in [1.54, 1.807) is 23.0 Å². The number of amides is 1. The molecule has 18 heavy (non-hydrogen) atoms. The number of nitrogens with one attached hydrogen (secondary N) is 2. The number of hydrogen-bond donors (Lipinski definition) is 3. The monoisotopic (exact) mass is 388 g/mol. The van der Waals surface area contributed by atoms with E-state index in [0.717, 1.165) is 50.9 Å². The molecule has 0 saturated heterocycles. The Labute approximate surface area is 128 Å². The molecule has 7 heteroatoms. The van der Waals surface area contributed by atoms with Crippen LogP contribution in [0.3, 0.4) is 0 Å². The van der Waals surface area contributed by atoms with Crippen LogP contribution in [0.25, 0.3) is 0 Å². The van der Waals surface area contributed by atoms with Crippen molar-refractivity contribution < 1.29 is 13.0 Å². The van der Waals surface area contributed by atoms with Crippen molar-refractivity contribution in [3.8, 4) is 0 Å². The van der Waals surface area contributed by atoms with Crippen molar-refractivity contribution in [1.29, 1.82) is 0 Å². The summed E-state index contributed by atoms with van der Waals surface area (Å²) in [7, 11) is 0. The lowest BCUT2D eigenvalue weighted by atomic mass is 9.81. The summed E-state index contributed by atoms with van der Waals surface area (Å²) in [5.41, 5.74) is 2.75. The molecule has 1 saturated carbocycles. The van der Waals surface area contributed by atoms with E-state index >= 15 is 0 Å². The minimum atomic E-state index is 0.183. The zero-order valence-corrected chi connectivity index (χ0v) is 13.4. The van der Waals surface area contributed by atoms with Gasteiger partial charge in [-0.15, -0.1) is 8.21 Å². The molecule has 0 aromatic carbocycles. The molecule has 0 radical (unpaired) electrons. The first-order valence-corrected chi connectivity index (χ1v) is 7.85. The van der Waals surface area contributed by atoms with Crippen LogP contribution >= 0.6 is 35.6 Å². The molecule has 0 heterocycles. The minimum Gasteiger partial charge on any atom is -0.356 e. The van der Waals surface area contributed by atoms with Crippen LogP contribution in [0.2, 0.25) is 0 Å². The fraction of sp³-hybridized carbons (Fsp3) is 0.909. The van der Waals surface area contributed by atoms with Gasteiger partial charge in [-0.1, -0.05) is 0 Å². The zero-order chi connectivity index (χ0) is 13.2. The Hall–Kier alpha value is 0.430. The molecule has 0 aromatic heterocycles. The third kappa shape index (κ3) is 6.55. The van der Waals surface area contributed by atoms with Gasteiger partial charge < -0.3 is 5.32 Å². The third-order valence-electron chi connectivity index (χ3n) is 3.31. The Balaban J connectivity index is 2.12. The van der Waals surface area contributed by atoms with Gasteiger partial charge in [0.05, 0.1) is 0 Å². The molecule has 0 spiro atoms. The maximum absolute atomic E-state index is 11.8. The van der Waals surface area contributed by atoms with Gasteiger partial charge in [0.15, 0.2) is 23.0 Å². The van der Waals surface area contributed by atoms with Gasteiger partial charge in [-0.3, -0.25) is 4.79 Å². The molecule has 1 aliphatic rings. The van der Waals surface area contributed by atoms with E-state index in [0.29, 0.717) is 5.92 Å². The van der Waals surface area contributed by atoms with E-state index in [9.17, 15) is 4.79 Å². The fourth-order valence-corrected chi connectivity index (χ4v) is 2.52. The molecule has 106 valence electrons. The Kier molecular flexibility index (Phi) is 9.38. The largest absolute Gasteiger partial charge is 0.356 e. The molecule has 0 aromatic rings. The number of hydrogen-bond acceptors (Lipinski definition) is 5. The minimum absolute atomic E-state index is 0.183. The maximum Gasteiger partial charge on any atom is 0.223 e. The van der Waals surface area contributed by atoms with E-state index < -0.39 is 0 Å². The molecule has 0 aliphatic heterocycles. The van der Waals surface area contributed by atoms with Gasteiger partial charge in [-0.25, -0.2) is 0 Å². The predicted molar refractivity (Wildman–Crippen MR) is 81.1 cm³/mol. The van der Waals surface area contributed by atoms with Crippen LogP contribution in [0.4, 0.5) is 0 Å².